The average molecular weight is 234 g/mol. The number of nitrogens with zero attached hydrogens (tertiary/aromatic N) is 1. The molecule has 1 aromatic rings. The van der Waals surface area contributed by atoms with Crippen LogP contribution in [-0.4, -0.2) is 30.3 Å². The van der Waals surface area contributed by atoms with E-state index in [1.54, 1.807) is 0 Å². The largest absolute Gasteiger partial charge is 0.485 e. The van der Waals surface area contributed by atoms with Crippen LogP contribution < -0.4 is 10.1 Å². The van der Waals surface area contributed by atoms with Crippen molar-refractivity contribution >= 4 is 0 Å². The van der Waals surface area contributed by atoms with Crippen LogP contribution in [0.5, 0.6) is 5.75 Å². The van der Waals surface area contributed by atoms with Gasteiger partial charge in [-0.05, 0) is 19.8 Å². The fraction of sp³-hybridized carbons (Fsp3) is 0.615. The minimum absolute atomic E-state index is 0.219. The third-order valence-electron chi connectivity index (χ3n) is 3.14. The van der Waals surface area contributed by atoms with Crippen LogP contribution in [0.25, 0.3) is 0 Å². The van der Waals surface area contributed by atoms with Gasteiger partial charge in [-0.25, -0.2) is 0 Å². The molecule has 1 aliphatic heterocycles. The molecule has 1 N–H and O–H groups in total. The van der Waals surface area contributed by atoms with Gasteiger partial charge in [0.05, 0.1) is 13.2 Å². The second kappa shape index (κ2) is 4.63. The van der Waals surface area contributed by atoms with Crippen LogP contribution in [0.3, 0.4) is 0 Å². The first-order valence-corrected chi connectivity index (χ1v) is 6.24. The molecule has 1 aliphatic carbocycles. The molecule has 2 fully saturated rings. The third kappa shape index (κ3) is 2.76. The van der Waals surface area contributed by atoms with E-state index in [4.69, 9.17) is 9.47 Å². The van der Waals surface area contributed by atoms with Gasteiger partial charge in [0, 0.05) is 36.1 Å². The normalized spacial score (nSPS) is 20.1. The summed E-state index contributed by atoms with van der Waals surface area (Å²) in [5.41, 5.74) is 2.14. The lowest BCUT2D eigenvalue weighted by molar-refractivity contribution is -0.0800. The first kappa shape index (κ1) is 11.0. The van der Waals surface area contributed by atoms with Crippen molar-refractivity contribution in [1.82, 2.24) is 10.3 Å². The van der Waals surface area contributed by atoms with E-state index in [1.165, 1.54) is 12.8 Å². The van der Waals surface area contributed by atoms with Crippen molar-refractivity contribution in [3.05, 3.63) is 23.5 Å². The zero-order valence-electron chi connectivity index (χ0n) is 10.1. The first-order valence-electron chi connectivity index (χ1n) is 6.24. The molecule has 2 aliphatic rings. The number of nitrogens with one attached hydrogen (secondary N) is 1. The molecule has 0 bridgehead atoms. The highest BCUT2D eigenvalue weighted by atomic mass is 16.6. The summed E-state index contributed by atoms with van der Waals surface area (Å²) in [5, 5.41) is 3.49. The third-order valence-corrected chi connectivity index (χ3v) is 3.14. The van der Waals surface area contributed by atoms with Crippen molar-refractivity contribution in [2.24, 2.45) is 0 Å². The van der Waals surface area contributed by atoms with Crippen LogP contribution in [0.1, 0.15) is 24.1 Å². The molecule has 3 rings (SSSR count). The molecule has 0 unspecified atom stereocenters. The van der Waals surface area contributed by atoms with E-state index in [9.17, 15) is 0 Å². The first-order chi connectivity index (χ1) is 8.31. The molecular weight excluding hydrogens is 216 g/mol. The van der Waals surface area contributed by atoms with Crippen molar-refractivity contribution in [2.45, 2.75) is 38.5 Å². The number of rotatable bonds is 5. The number of hydrogen-bond donors (Lipinski definition) is 1. The summed E-state index contributed by atoms with van der Waals surface area (Å²) in [7, 11) is 0. The van der Waals surface area contributed by atoms with Gasteiger partial charge in [-0.15, -0.1) is 0 Å². The van der Waals surface area contributed by atoms with Gasteiger partial charge in [0.25, 0.3) is 0 Å². The van der Waals surface area contributed by atoms with E-state index in [0.717, 1.165) is 23.6 Å². The van der Waals surface area contributed by atoms with E-state index in [1.807, 2.05) is 19.2 Å². The maximum absolute atomic E-state index is 5.91. The smallest absolute Gasteiger partial charge is 0.145 e. The van der Waals surface area contributed by atoms with Crippen molar-refractivity contribution in [2.75, 3.05) is 13.2 Å². The Morgan fingerprint density at radius 2 is 2.29 bits per heavy atom. The van der Waals surface area contributed by atoms with Gasteiger partial charge in [0.1, 0.15) is 11.9 Å². The molecular formula is C13H18N2O2. The van der Waals surface area contributed by atoms with Crippen molar-refractivity contribution in [3.63, 3.8) is 0 Å². The molecule has 1 aromatic heterocycles. The van der Waals surface area contributed by atoms with Crippen LogP contribution in [0.4, 0.5) is 0 Å². The molecule has 0 amide bonds. The number of aryl methyl sites for hydroxylation is 1. The molecule has 1 saturated heterocycles. The second-order valence-electron chi connectivity index (χ2n) is 4.87. The maximum atomic E-state index is 5.91. The molecule has 1 saturated carbocycles. The molecule has 4 nitrogen and oxygen atoms in total. The fourth-order valence-corrected chi connectivity index (χ4v) is 1.81. The highest BCUT2D eigenvalue weighted by Crippen LogP contribution is 2.24. The van der Waals surface area contributed by atoms with Crippen LogP contribution in [0.2, 0.25) is 0 Å². The molecule has 92 valence electrons. The van der Waals surface area contributed by atoms with Crippen LogP contribution >= 0.6 is 0 Å². The van der Waals surface area contributed by atoms with Crippen molar-refractivity contribution in [3.8, 4) is 5.75 Å². The average Bonchev–Trinajstić information content (AvgIpc) is 3.06. The lowest BCUT2D eigenvalue weighted by Crippen LogP contribution is -2.38. The van der Waals surface area contributed by atoms with Crippen molar-refractivity contribution < 1.29 is 9.47 Å². The Kier molecular flexibility index (Phi) is 2.99. The summed E-state index contributed by atoms with van der Waals surface area (Å²) >= 11 is 0. The van der Waals surface area contributed by atoms with Gasteiger partial charge in [0.2, 0.25) is 0 Å². The fourth-order valence-electron chi connectivity index (χ4n) is 1.81. The summed E-state index contributed by atoms with van der Waals surface area (Å²) < 4.78 is 11.0. The summed E-state index contributed by atoms with van der Waals surface area (Å²) in [5.74, 6) is 0.957. The highest BCUT2D eigenvalue weighted by molar-refractivity contribution is 5.33. The van der Waals surface area contributed by atoms with E-state index >= 15 is 0 Å². The maximum Gasteiger partial charge on any atom is 0.145 e. The van der Waals surface area contributed by atoms with Crippen LogP contribution in [0.15, 0.2) is 12.3 Å². The number of ether oxygens (including phenoxy) is 2. The minimum Gasteiger partial charge on any atom is -0.485 e. The predicted octanol–water partition coefficient (Wildman–Crippen LogP) is 1.42. The Labute approximate surface area is 101 Å². The molecule has 0 aromatic carbocycles. The number of pyridine rings is 1. The van der Waals surface area contributed by atoms with Gasteiger partial charge in [0.15, 0.2) is 0 Å². The quantitative estimate of drug-likeness (QED) is 0.836. The number of hydrogen-bond acceptors (Lipinski definition) is 4. The molecule has 17 heavy (non-hydrogen) atoms. The Morgan fingerprint density at radius 1 is 1.47 bits per heavy atom. The van der Waals surface area contributed by atoms with Crippen LogP contribution in [0, 0.1) is 6.92 Å². The topological polar surface area (TPSA) is 43.4 Å². The second-order valence-corrected chi connectivity index (χ2v) is 4.87. The number of aromatic nitrogens is 1. The summed E-state index contributed by atoms with van der Waals surface area (Å²) in [4.78, 5) is 4.34. The predicted molar refractivity (Wildman–Crippen MR) is 64.1 cm³/mol. The van der Waals surface area contributed by atoms with E-state index in [2.05, 4.69) is 10.3 Å². The Balaban J connectivity index is 1.69. The molecule has 2 heterocycles. The Bertz CT molecular complexity index is 400. The van der Waals surface area contributed by atoms with E-state index < -0.39 is 0 Å². The summed E-state index contributed by atoms with van der Waals surface area (Å²) in [6.07, 6.45) is 4.73. The van der Waals surface area contributed by atoms with Gasteiger partial charge >= 0.3 is 0 Å². The van der Waals surface area contributed by atoms with E-state index in [-0.39, 0.29) is 6.10 Å². The van der Waals surface area contributed by atoms with E-state index in [0.29, 0.717) is 19.3 Å². The minimum atomic E-state index is 0.219. The lowest BCUT2D eigenvalue weighted by Gasteiger charge is -2.27. The summed E-state index contributed by atoms with van der Waals surface area (Å²) in [6.45, 7) is 4.25. The van der Waals surface area contributed by atoms with Gasteiger partial charge in [-0.1, -0.05) is 0 Å². The van der Waals surface area contributed by atoms with Gasteiger partial charge < -0.3 is 14.8 Å². The Hall–Kier alpha value is -1.13. The standard InChI is InChI=1S/C13H18N2O2/c1-9-4-13(17-12-7-16-8-12)10(5-14-9)6-15-11-2-3-11/h4-5,11-12,15H,2-3,6-8H2,1H3. The molecule has 4 heteroatoms. The SMILES string of the molecule is Cc1cc(OC2COC2)c(CNC2CC2)cn1. The van der Waals surface area contributed by atoms with Gasteiger partial charge in [-0.3, -0.25) is 4.98 Å². The van der Waals surface area contributed by atoms with Gasteiger partial charge in [-0.2, -0.15) is 0 Å². The lowest BCUT2D eigenvalue weighted by atomic mass is 10.2. The monoisotopic (exact) mass is 234 g/mol. The zero-order valence-corrected chi connectivity index (χ0v) is 10.1. The van der Waals surface area contributed by atoms with Crippen LogP contribution in [-0.2, 0) is 11.3 Å². The molecule has 0 atom stereocenters. The summed E-state index contributed by atoms with van der Waals surface area (Å²) in [6, 6.07) is 2.72. The van der Waals surface area contributed by atoms with Crippen molar-refractivity contribution in [1.29, 1.82) is 0 Å². The highest BCUT2D eigenvalue weighted by Gasteiger charge is 2.23. The Morgan fingerprint density at radius 3 is 2.94 bits per heavy atom. The molecule has 0 radical (unpaired) electrons. The molecule has 0 spiro atoms. The zero-order chi connectivity index (χ0) is 11.7.